The van der Waals surface area contributed by atoms with Crippen LogP contribution in [-0.2, 0) is 0 Å². The molecule has 0 unspecified atom stereocenters. The minimum Gasteiger partial charge on any atom is -0.497 e. The van der Waals surface area contributed by atoms with Crippen molar-refractivity contribution in [2.45, 2.75) is 18.8 Å². The van der Waals surface area contributed by atoms with Crippen LogP contribution >= 0.6 is 0 Å². The number of nitrogens with zero attached hydrogens (tertiary/aromatic N) is 2. The molecular weight excluding hydrogens is 230 g/mol. The van der Waals surface area contributed by atoms with Crippen LogP contribution in [0.1, 0.15) is 24.6 Å². The van der Waals surface area contributed by atoms with Crippen LogP contribution in [0.2, 0.25) is 0 Å². The molecule has 18 heavy (non-hydrogen) atoms. The van der Waals surface area contributed by atoms with E-state index in [0.29, 0.717) is 11.7 Å². The highest BCUT2D eigenvalue weighted by Crippen LogP contribution is 2.39. The average Bonchev–Trinajstić information content (AvgIpc) is 3.16. The molecular formula is C13H15N3O2. The third-order valence-corrected chi connectivity index (χ3v) is 3.11. The Balaban J connectivity index is 2.01. The number of aromatic amines is 1. The summed E-state index contributed by atoms with van der Waals surface area (Å²) in [6.45, 7) is 0. The molecule has 1 fully saturated rings. The topological polar surface area (TPSA) is 60.0 Å². The molecule has 1 saturated carbocycles. The first kappa shape index (κ1) is 11.1. The Morgan fingerprint density at radius 2 is 2.06 bits per heavy atom. The first-order valence-electron chi connectivity index (χ1n) is 5.96. The second-order valence-electron chi connectivity index (χ2n) is 4.38. The van der Waals surface area contributed by atoms with Crippen LogP contribution in [0.3, 0.4) is 0 Å². The Morgan fingerprint density at radius 1 is 1.22 bits per heavy atom. The van der Waals surface area contributed by atoms with Crippen LogP contribution in [0.5, 0.6) is 11.5 Å². The molecule has 5 heteroatoms. The first-order chi connectivity index (χ1) is 8.81. The zero-order valence-corrected chi connectivity index (χ0v) is 10.4. The van der Waals surface area contributed by atoms with E-state index in [9.17, 15) is 0 Å². The summed E-state index contributed by atoms with van der Waals surface area (Å²) in [5, 5.41) is 7.26. The van der Waals surface area contributed by atoms with Gasteiger partial charge in [-0.25, -0.2) is 4.98 Å². The number of ether oxygens (including phenoxy) is 2. The summed E-state index contributed by atoms with van der Waals surface area (Å²) in [5.74, 6) is 3.70. The van der Waals surface area contributed by atoms with Crippen LogP contribution in [0, 0.1) is 0 Å². The summed E-state index contributed by atoms with van der Waals surface area (Å²) in [4.78, 5) is 4.52. The fraction of sp³-hybridized carbons (Fsp3) is 0.385. The molecule has 0 bridgehead atoms. The van der Waals surface area contributed by atoms with Gasteiger partial charge in [-0.2, -0.15) is 5.10 Å². The van der Waals surface area contributed by atoms with Crippen molar-refractivity contribution >= 4 is 0 Å². The second kappa shape index (κ2) is 4.33. The normalized spacial score (nSPS) is 14.6. The van der Waals surface area contributed by atoms with Crippen LogP contribution < -0.4 is 9.47 Å². The maximum atomic E-state index is 5.34. The van der Waals surface area contributed by atoms with E-state index in [1.807, 2.05) is 18.2 Å². The highest BCUT2D eigenvalue weighted by atomic mass is 16.5. The van der Waals surface area contributed by atoms with Crippen LogP contribution in [0.25, 0.3) is 11.4 Å². The summed E-state index contributed by atoms with van der Waals surface area (Å²) in [5.41, 5.74) is 0.847. The van der Waals surface area contributed by atoms with Crippen molar-refractivity contribution in [2.24, 2.45) is 0 Å². The molecule has 5 nitrogen and oxygen atoms in total. The third-order valence-electron chi connectivity index (χ3n) is 3.11. The van der Waals surface area contributed by atoms with Gasteiger partial charge >= 0.3 is 0 Å². The number of hydrogen-bond acceptors (Lipinski definition) is 4. The number of rotatable bonds is 4. The molecule has 0 atom stereocenters. The molecule has 0 saturated heterocycles. The summed E-state index contributed by atoms with van der Waals surface area (Å²) in [7, 11) is 3.28. The van der Waals surface area contributed by atoms with E-state index in [1.54, 1.807) is 14.2 Å². The Labute approximate surface area is 105 Å². The summed E-state index contributed by atoms with van der Waals surface area (Å²) in [6.07, 6.45) is 2.40. The number of hydrogen-bond donors (Lipinski definition) is 1. The number of aromatic nitrogens is 3. The molecule has 1 N–H and O–H groups in total. The SMILES string of the molecule is COc1ccc(OC)c(-c2n[nH]c(C3CC3)n2)c1. The fourth-order valence-corrected chi connectivity index (χ4v) is 1.92. The predicted molar refractivity (Wildman–Crippen MR) is 66.9 cm³/mol. The molecule has 2 aromatic rings. The van der Waals surface area contributed by atoms with E-state index in [4.69, 9.17) is 9.47 Å². The average molecular weight is 245 g/mol. The molecule has 1 aliphatic carbocycles. The van der Waals surface area contributed by atoms with E-state index in [-0.39, 0.29) is 0 Å². The van der Waals surface area contributed by atoms with Crippen LogP contribution in [0.4, 0.5) is 0 Å². The monoisotopic (exact) mass is 245 g/mol. The Kier molecular flexibility index (Phi) is 2.66. The van der Waals surface area contributed by atoms with Crippen LogP contribution in [0.15, 0.2) is 18.2 Å². The molecule has 1 aromatic carbocycles. The molecule has 0 spiro atoms. The number of methoxy groups -OCH3 is 2. The molecule has 1 heterocycles. The predicted octanol–water partition coefficient (Wildman–Crippen LogP) is 2.37. The Bertz CT molecular complexity index is 561. The number of benzene rings is 1. The van der Waals surface area contributed by atoms with Gasteiger partial charge in [-0.15, -0.1) is 0 Å². The maximum Gasteiger partial charge on any atom is 0.185 e. The van der Waals surface area contributed by atoms with Gasteiger partial charge in [0.2, 0.25) is 0 Å². The highest BCUT2D eigenvalue weighted by molar-refractivity contribution is 5.66. The quantitative estimate of drug-likeness (QED) is 0.898. The van der Waals surface area contributed by atoms with Gasteiger partial charge in [0.1, 0.15) is 17.3 Å². The van der Waals surface area contributed by atoms with E-state index >= 15 is 0 Å². The maximum absolute atomic E-state index is 5.34. The summed E-state index contributed by atoms with van der Waals surface area (Å²) >= 11 is 0. The fourth-order valence-electron chi connectivity index (χ4n) is 1.92. The van der Waals surface area contributed by atoms with Crippen molar-refractivity contribution in [1.29, 1.82) is 0 Å². The van der Waals surface area contributed by atoms with Crippen molar-refractivity contribution < 1.29 is 9.47 Å². The van der Waals surface area contributed by atoms with Crippen molar-refractivity contribution in [1.82, 2.24) is 15.2 Å². The zero-order valence-electron chi connectivity index (χ0n) is 10.4. The van der Waals surface area contributed by atoms with E-state index in [1.165, 1.54) is 12.8 Å². The van der Waals surface area contributed by atoms with E-state index in [2.05, 4.69) is 15.2 Å². The highest BCUT2D eigenvalue weighted by Gasteiger charge is 2.27. The number of nitrogens with one attached hydrogen (secondary N) is 1. The lowest BCUT2D eigenvalue weighted by molar-refractivity contribution is 0.404. The standard InChI is InChI=1S/C13H15N3O2/c1-17-9-5-6-11(18-2)10(7-9)13-14-12(15-16-13)8-3-4-8/h5-8H,3-4H2,1-2H3,(H,14,15,16). The van der Waals surface area contributed by atoms with Gasteiger partial charge in [0, 0.05) is 5.92 Å². The molecule has 94 valence electrons. The van der Waals surface area contributed by atoms with E-state index < -0.39 is 0 Å². The minimum atomic E-state index is 0.558. The first-order valence-corrected chi connectivity index (χ1v) is 5.96. The molecule has 1 aromatic heterocycles. The second-order valence-corrected chi connectivity index (χ2v) is 4.38. The lowest BCUT2D eigenvalue weighted by Gasteiger charge is -2.07. The van der Waals surface area contributed by atoms with Gasteiger partial charge in [-0.1, -0.05) is 0 Å². The van der Waals surface area contributed by atoms with Gasteiger partial charge in [0.05, 0.1) is 19.8 Å². The Hall–Kier alpha value is -2.04. The molecule has 0 amide bonds. The lowest BCUT2D eigenvalue weighted by atomic mass is 10.2. The van der Waals surface area contributed by atoms with Gasteiger partial charge < -0.3 is 9.47 Å². The summed E-state index contributed by atoms with van der Waals surface area (Å²) < 4.78 is 10.6. The smallest absolute Gasteiger partial charge is 0.185 e. The van der Waals surface area contributed by atoms with E-state index in [0.717, 1.165) is 22.9 Å². The van der Waals surface area contributed by atoms with Gasteiger partial charge in [0.25, 0.3) is 0 Å². The third kappa shape index (κ3) is 1.92. The van der Waals surface area contributed by atoms with Gasteiger partial charge in [-0.3, -0.25) is 5.10 Å². The minimum absolute atomic E-state index is 0.558. The molecule has 1 aliphatic rings. The molecule has 0 aliphatic heterocycles. The zero-order chi connectivity index (χ0) is 12.5. The number of H-pyrrole nitrogens is 1. The van der Waals surface area contributed by atoms with Gasteiger partial charge in [-0.05, 0) is 31.0 Å². The van der Waals surface area contributed by atoms with Crippen molar-refractivity contribution in [3.63, 3.8) is 0 Å². The largest absolute Gasteiger partial charge is 0.497 e. The Morgan fingerprint density at radius 3 is 2.72 bits per heavy atom. The van der Waals surface area contributed by atoms with Crippen LogP contribution in [-0.4, -0.2) is 29.4 Å². The van der Waals surface area contributed by atoms with Crippen molar-refractivity contribution in [3.05, 3.63) is 24.0 Å². The van der Waals surface area contributed by atoms with Gasteiger partial charge in [0.15, 0.2) is 5.82 Å². The van der Waals surface area contributed by atoms with Crippen molar-refractivity contribution in [2.75, 3.05) is 14.2 Å². The molecule has 0 radical (unpaired) electrons. The molecule has 3 rings (SSSR count). The lowest BCUT2D eigenvalue weighted by Crippen LogP contribution is -1.91. The van der Waals surface area contributed by atoms with Crippen molar-refractivity contribution in [3.8, 4) is 22.9 Å². The summed E-state index contributed by atoms with van der Waals surface area (Å²) in [6, 6.07) is 5.61.